The lowest BCUT2D eigenvalue weighted by Gasteiger charge is -2.30. The van der Waals surface area contributed by atoms with Gasteiger partial charge in [0.1, 0.15) is 11.6 Å². The summed E-state index contributed by atoms with van der Waals surface area (Å²) < 4.78 is 14.9. The maximum atomic E-state index is 13.0. The number of aryl methyl sites for hydroxylation is 2. The molecule has 0 saturated heterocycles. The van der Waals surface area contributed by atoms with Gasteiger partial charge in [-0.2, -0.15) is 0 Å². The van der Waals surface area contributed by atoms with Gasteiger partial charge in [-0.15, -0.1) is 0 Å². The van der Waals surface area contributed by atoms with E-state index in [1.165, 1.54) is 12.1 Å². The second-order valence-corrected chi connectivity index (χ2v) is 5.06. The molecule has 0 aliphatic rings. The molecular formula is C15H19FN2O2. The topological polar surface area (TPSA) is 58.3 Å². The standard InChI is InChI=1S/C15H19FN2O2/c1-18-9-8-17-14(18)6-7-15(10-19,11-20)12-2-4-13(16)5-3-12/h2-5,8-9,19-20H,6-7,10-11H2,1H3. The van der Waals surface area contributed by atoms with E-state index < -0.39 is 5.41 Å². The van der Waals surface area contributed by atoms with Gasteiger partial charge < -0.3 is 14.8 Å². The van der Waals surface area contributed by atoms with E-state index in [9.17, 15) is 14.6 Å². The van der Waals surface area contributed by atoms with Crippen molar-refractivity contribution in [3.05, 3.63) is 53.9 Å². The molecule has 0 radical (unpaired) electrons. The molecule has 0 spiro atoms. The SMILES string of the molecule is Cn1ccnc1CCC(CO)(CO)c1ccc(F)cc1. The number of hydrogen-bond donors (Lipinski definition) is 2. The third kappa shape index (κ3) is 2.89. The molecule has 0 atom stereocenters. The van der Waals surface area contributed by atoms with Crippen molar-refractivity contribution >= 4 is 0 Å². The summed E-state index contributed by atoms with van der Waals surface area (Å²) in [4.78, 5) is 4.23. The molecule has 1 aromatic carbocycles. The first-order chi connectivity index (χ1) is 9.61. The van der Waals surface area contributed by atoms with Gasteiger partial charge in [0.2, 0.25) is 0 Å². The lowest BCUT2D eigenvalue weighted by Crippen LogP contribution is -2.35. The van der Waals surface area contributed by atoms with Crippen molar-refractivity contribution in [3.63, 3.8) is 0 Å². The van der Waals surface area contributed by atoms with E-state index in [1.807, 2.05) is 17.8 Å². The molecule has 2 N–H and O–H groups in total. The van der Waals surface area contributed by atoms with Crippen molar-refractivity contribution in [1.29, 1.82) is 0 Å². The molecule has 0 bridgehead atoms. The zero-order chi connectivity index (χ0) is 14.6. The van der Waals surface area contributed by atoms with Gasteiger partial charge in [-0.1, -0.05) is 12.1 Å². The van der Waals surface area contributed by atoms with Crippen molar-refractivity contribution in [1.82, 2.24) is 9.55 Å². The molecule has 108 valence electrons. The Labute approximate surface area is 117 Å². The highest BCUT2D eigenvalue weighted by atomic mass is 19.1. The average Bonchev–Trinajstić information content (AvgIpc) is 2.88. The highest BCUT2D eigenvalue weighted by Crippen LogP contribution is 2.29. The lowest BCUT2D eigenvalue weighted by atomic mass is 9.78. The summed E-state index contributed by atoms with van der Waals surface area (Å²) in [6.07, 6.45) is 4.73. The van der Waals surface area contributed by atoms with Crippen LogP contribution in [-0.4, -0.2) is 33.0 Å². The van der Waals surface area contributed by atoms with E-state index >= 15 is 0 Å². The predicted molar refractivity (Wildman–Crippen MR) is 73.8 cm³/mol. The zero-order valence-electron chi connectivity index (χ0n) is 11.5. The van der Waals surface area contributed by atoms with Crippen LogP contribution in [0.25, 0.3) is 0 Å². The Kier molecular flexibility index (Phi) is 4.52. The van der Waals surface area contributed by atoms with Crippen molar-refractivity contribution in [2.24, 2.45) is 7.05 Å². The van der Waals surface area contributed by atoms with Crippen LogP contribution in [0.5, 0.6) is 0 Å². The molecule has 0 aliphatic carbocycles. The monoisotopic (exact) mass is 278 g/mol. The zero-order valence-corrected chi connectivity index (χ0v) is 11.5. The van der Waals surface area contributed by atoms with E-state index in [-0.39, 0.29) is 19.0 Å². The molecule has 0 saturated carbocycles. The van der Waals surface area contributed by atoms with Crippen LogP contribution >= 0.6 is 0 Å². The predicted octanol–water partition coefficient (Wildman–Crippen LogP) is 1.41. The molecule has 2 rings (SSSR count). The first kappa shape index (κ1) is 14.7. The van der Waals surface area contributed by atoms with E-state index in [0.29, 0.717) is 12.8 Å². The van der Waals surface area contributed by atoms with Crippen molar-refractivity contribution in [2.75, 3.05) is 13.2 Å². The Morgan fingerprint density at radius 2 is 1.85 bits per heavy atom. The maximum absolute atomic E-state index is 13.0. The fourth-order valence-electron chi connectivity index (χ4n) is 2.33. The number of nitrogens with zero attached hydrogens (tertiary/aromatic N) is 2. The molecule has 20 heavy (non-hydrogen) atoms. The van der Waals surface area contributed by atoms with Crippen molar-refractivity contribution in [3.8, 4) is 0 Å². The van der Waals surface area contributed by atoms with Crippen LogP contribution in [0.2, 0.25) is 0 Å². The largest absolute Gasteiger partial charge is 0.395 e. The molecule has 0 unspecified atom stereocenters. The van der Waals surface area contributed by atoms with Gasteiger partial charge >= 0.3 is 0 Å². The Hall–Kier alpha value is -1.72. The van der Waals surface area contributed by atoms with Gasteiger partial charge in [0.15, 0.2) is 0 Å². The van der Waals surface area contributed by atoms with Crippen LogP contribution in [-0.2, 0) is 18.9 Å². The molecule has 0 fully saturated rings. The van der Waals surface area contributed by atoms with Gasteiger partial charge in [-0.3, -0.25) is 0 Å². The second kappa shape index (κ2) is 6.15. The molecular weight excluding hydrogens is 259 g/mol. The minimum absolute atomic E-state index is 0.195. The van der Waals surface area contributed by atoms with E-state index in [2.05, 4.69) is 4.98 Å². The number of aliphatic hydroxyl groups is 2. The molecule has 1 aromatic heterocycles. The summed E-state index contributed by atoms with van der Waals surface area (Å²) in [6.45, 7) is -0.390. The summed E-state index contributed by atoms with van der Waals surface area (Å²) in [5, 5.41) is 19.4. The third-order valence-corrected chi connectivity index (χ3v) is 3.81. The van der Waals surface area contributed by atoms with Crippen LogP contribution in [0.4, 0.5) is 4.39 Å². The number of benzene rings is 1. The van der Waals surface area contributed by atoms with Crippen LogP contribution in [0, 0.1) is 5.82 Å². The van der Waals surface area contributed by atoms with Crippen LogP contribution in [0.1, 0.15) is 17.8 Å². The Bertz CT molecular complexity index is 547. The molecule has 4 nitrogen and oxygen atoms in total. The number of hydrogen-bond acceptors (Lipinski definition) is 3. The second-order valence-electron chi connectivity index (χ2n) is 5.06. The van der Waals surface area contributed by atoms with Crippen LogP contribution < -0.4 is 0 Å². The number of imidazole rings is 1. The van der Waals surface area contributed by atoms with Gasteiger partial charge in [0.25, 0.3) is 0 Å². The van der Waals surface area contributed by atoms with Gasteiger partial charge in [-0.05, 0) is 24.1 Å². The summed E-state index contributed by atoms with van der Waals surface area (Å²) in [5.41, 5.74) is -0.0438. The number of rotatable bonds is 6. The van der Waals surface area contributed by atoms with E-state index in [4.69, 9.17) is 0 Å². The third-order valence-electron chi connectivity index (χ3n) is 3.81. The maximum Gasteiger partial charge on any atom is 0.123 e. The summed E-state index contributed by atoms with van der Waals surface area (Å²) >= 11 is 0. The summed E-state index contributed by atoms with van der Waals surface area (Å²) in [6, 6.07) is 5.91. The van der Waals surface area contributed by atoms with Gasteiger partial charge in [0.05, 0.1) is 13.2 Å². The normalized spacial score (nSPS) is 11.8. The number of aromatic nitrogens is 2. The first-order valence-corrected chi connectivity index (χ1v) is 6.55. The highest BCUT2D eigenvalue weighted by Gasteiger charge is 2.31. The van der Waals surface area contributed by atoms with E-state index in [0.717, 1.165) is 11.4 Å². The highest BCUT2D eigenvalue weighted by molar-refractivity contribution is 5.26. The molecule has 2 aromatic rings. The fourth-order valence-corrected chi connectivity index (χ4v) is 2.33. The molecule has 0 amide bonds. The minimum atomic E-state index is -0.778. The van der Waals surface area contributed by atoms with Crippen LogP contribution in [0.3, 0.4) is 0 Å². The Morgan fingerprint density at radius 1 is 1.20 bits per heavy atom. The quantitative estimate of drug-likeness (QED) is 0.840. The number of aliphatic hydroxyl groups excluding tert-OH is 2. The van der Waals surface area contributed by atoms with Gasteiger partial charge in [0, 0.05) is 31.3 Å². The summed E-state index contributed by atoms with van der Waals surface area (Å²) in [5.74, 6) is 0.556. The minimum Gasteiger partial charge on any atom is -0.395 e. The number of halogens is 1. The van der Waals surface area contributed by atoms with Gasteiger partial charge in [-0.25, -0.2) is 9.37 Å². The molecule has 5 heteroatoms. The Morgan fingerprint density at radius 3 is 2.35 bits per heavy atom. The van der Waals surface area contributed by atoms with E-state index in [1.54, 1.807) is 18.3 Å². The molecule has 0 aliphatic heterocycles. The fraction of sp³-hybridized carbons (Fsp3) is 0.400. The lowest BCUT2D eigenvalue weighted by molar-refractivity contribution is 0.109. The average molecular weight is 278 g/mol. The van der Waals surface area contributed by atoms with Crippen molar-refractivity contribution in [2.45, 2.75) is 18.3 Å². The first-order valence-electron chi connectivity index (χ1n) is 6.55. The smallest absolute Gasteiger partial charge is 0.123 e. The van der Waals surface area contributed by atoms with Crippen LogP contribution in [0.15, 0.2) is 36.7 Å². The van der Waals surface area contributed by atoms with Crippen molar-refractivity contribution < 1.29 is 14.6 Å². The summed E-state index contributed by atoms with van der Waals surface area (Å²) in [7, 11) is 1.90. The molecule has 1 heterocycles. The Balaban J connectivity index is 2.21.